The van der Waals surface area contributed by atoms with Crippen LogP contribution in [0.25, 0.3) is 0 Å². The summed E-state index contributed by atoms with van der Waals surface area (Å²) in [4.78, 5) is 10.8. The van der Waals surface area contributed by atoms with Crippen LogP contribution in [0.1, 0.15) is 11.7 Å². The van der Waals surface area contributed by atoms with Crippen LogP contribution < -0.4 is 5.32 Å². The van der Waals surface area contributed by atoms with Crippen LogP contribution in [0, 0.1) is 0 Å². The molecule has 0 aliphatic rings. The van der Waals surface area contributed by atoms with Gasteiger partial charge in [-0.15, -0.1) is 0 Å². The van der Waals surface area contributed by atoms with E-state index in [4.69, 9.17) is 5.11 Å². The van der Waals surface area contributed by atoms with E-state index in [1.54, 1.807) is 0 Å². The Morgan fingerprint density at radius 1 is 1.36 bits per heavy atom. The average Bonchev–Trinajstić information content (AvgIpc) is 2.50. The van der Waals surface area contributed by atoms with Crippen molar-refractivity contribution < 1.29 is 27.8 Å². The predicted octanol–water partition coefficient (Wildman–Crippen LogP) is 0.334. The lowest BCUT2D eigenvalue weighted by molar-refractivity contribution is -0.122. The van der Waals surface area contributed by atoms with E-state index >= 15 is 0 Å². The Morgan fingerprint density at radius 3 is 2.32 bits per heavy atom. The van der Waals surface area contributed by atoms with Gasteiger partial charge in [0.15, 0.2) is 9.84 Å². The maximum absolute atomic E-state index is 13.0. The van der Waals surface area contributed by atoms with E-state index in [-0.39, 0.29) is 10.5 Å². The second-order valence-electron chi connectivity index (χ2n) is 4.71. The monoisotopic (exact) mass is 397 g/mol. The van der Waals surface area contributed by atoms with E-state index in [9.17, 15) is 22.7 Å². The molecular formula is C13H17BrFNO5S. The van der Waals surface area contributed by atoms with Crippen molar-refractivity contribution in [2.75, 3.05) is 19.5 Å². The van der Waals surface area contributed by atoms with Crippen LogP contribution in [0.3, 0.4) is 0 Å². The Kier molecular flexibility index (Phi) is 6.92. The molecule has 1 aromatic rings. The number of hydrogen-bond donors (Lipinski definition) is 3. The summed E-state index contributed by atoms with van der Waals surface area (Å²) in [6.07, 6.45) is -0.297. The van der Waals surface area contributed by atoms with Crippen LogP contribution in [0.4, 0.5) is 4.39 Å². The summed E-state index contributed by atoms with van der Waals surface area (Å²) in [6, 6.07) is 4.10. The number of aliphatic hydroxyl groups is 2. The number of hydrogen-bond acceptors (Lipinski definition) is 5. The molecule has 0 aliphatic heterocycles. The molecule has 0 aromatic heterocycles. The Labute approximate surface area is 136 Å². The molecule has 9 heteroatoms. The van der Waals surface area contributed by atoms with Crippen molar-refractivity contribution >= 4 is 31.7 Å². The number of sulfone groups is 1. The minimum Gasteiger partial charge on any atom is -0.395 e. The van der Waals surface area contributed by atoms with Gasteiger partial charge in [0.1, 0.15) is 17.6 Å². The fraction of sp³-hybridized carbons (Fsp3) is 0.462. The first-order valence-electron chi connectivity index (χ1n) is 6.30. The molecule has 0 fully saturated rings. The lowest BCUT2D eigenvalue weighted by atomic mass is 10.0. The summed E-state index contributed by atoms with van der Waals surface area (Å²) in [5.41, 5.74) is 0.269. The molecule has 0 radical (unpaired) electrons. The first-order valence-corrected chi connectivity index (χ1v) is 9.10. The van der Waals surface area contributed by atoms with Crippen LogP contribution >= 0.6 is 15.9 Å². The Morgan fingerprint density at radius 2 is 1.91 bits per heavy atom. The second-order valence-corrected chi connectivity index (χ2v) is 7.83. The molecule has 3 atom stereocenters. The molecule has 124 valence electrons. The van der Waals surface area contributed by atoms with Gasteiger partial charge >= 0.3 is 0 Å². The summed E-state index contributed by atoms with van der Waals surface area (Å²) in [5, 5.41) is 21.2. The van der Waals surface area contributed by atoms with Gasteiger partial charge in [0.25, 0.3) is 0 Å². The Balaban J connectivity index is 2.88. The average molecular weight is 398 g/mol. The minimum atomic E-state index is -3.36. The summed E-state index contributed by atoms with van der Waals surface area (Å²) < 4.78 is 35.7. The van der Waals surface area contributed by atoms with Gasteiger partial charge in [-0.3, -0.25) is 4.79 Å². The highest BCUT2D eigenvalue weighted by Gasteiger charge is 2.25. The third-order valence-electron chi connectivity index (χ3n) is 2.97. The van der Waals surface area contributed by atoms with Crippen molar-refractivity contribution in [3.63, 3.8) is 0 Å². The molecule has 1 unspecified atom stereocenters. The highest BCUT2D eigenvalue weighted by Crippen LogP contribution is 2.20. The van der Waals surface area contributed by atoms with E-state index in [1.165, 1.54) is 24.3 Å². The quantitative estimate of drug-likeness (QED) is 0.575. The van der Waals surface area contributed by atoms with Gasteiger partial charge in [0, 0.05) is 6.26 Å². The van der Waals surface area contributed by atoms with Crippen molar-refractivity contribution in [2.45, 2.75) is 21.9 Å². The van der Waals surface area contributed by atoms with Crippen LogP contribution in [-0.4, -0.2) is 54.9 Å². The second kappa shape index (κ2) is 8.00. The van der Waals surface area contributed by atoms with Gasteiger partial charge in [-0.05, 0) is 17.7 Å². The van der Waals surface area contributed by atoms with E-state index < -0.39 is 46.0 Å². The standard InChI is InChI=1S/C13H17BrFNO5S/c1-22(20,21)9-4-2-8(3-5-9)12(18)11(6-15)16-13(19)10(14)7-17/h2-5,10-12,17-18H,6-7H2,1H3,(H,16,19)/t10?,11-,12-/m1/s1. The van der Waals surface area contributed by atoms with Gasteiger partial charge in [0.05, 0.1) is 17.5 Å². The van der Waals surface area contributed by atoms with Crippen molar-refractivity contribution in [3.8, 4) is 0 Å². The number of rotatable bonds is 7. The van der Waals surface area contributed by atoms with Crippen LogP contribution in [0.5, 0.6) is 0 Å². The number of nitrogens with one attached hydrogen (secondary N) is 1. The summed E-state index contributed by atoms with van der Waals surface area (Å²) in [6.45, 7) is -1.49. The molecular weight excluding hydrogens is 381 g/mol. The zero-order valence-corrected chi connectivity index (χ0v) is 14.1. The summed E-state index contributed by atoms with van der Waals surface area (Å²) >= 11 is 2.90. The molecule has 1 aromatic carbocycles. The molecule has 0 aliphatic carbocycles. The van der Waals surface area contributed by atoms with E-state index in [2.05, 4.69) is 21.2 Å². The van der Waals surface area contributed by atoms with Gasteiger partial charge in [-0.2, -0.15) is 0 Å². The van der Waals surface area contributed by atoms with E-state index in [0.29, 0.717) is 0 Å². The van der Waals surface area contributed by atoms with Gasteiger partial charge in [-0.1, -0.05) is 28.1 Å². The fourth-order valence-corrected chi connectivity index (χ4v) is 2.47. The number of benzene rings is 1. The molecule has 1 rings (SSSR count). The molecule has 3 N–H and O–H groups in total. The smallest absolute Gasteiger partial charge is 0.236 e. The molecule has 1 amide bonds. The number of amides is 1. The van der Waals surface area contributed by atoms with Gasteiger partial charge in [0.2, 0.25) is 5.91 Å². The van der Waals surface area contributed by atoms with Crippen molar-refractivity contribution in [3.05, 3.63) is 29.8 Å². The molecule has 0 spiro atoms. The topological polar surface area (TPSA) is 104 Å². The molecule has 0 bridgehead atoms. The minimum absolute atomic E-state index is 0.0742. The summed E-state index contributed by atoms with van der Waals surface area (Å²) in [5.74, 6) is -0.656. The molecule has 22 heavy (non-hydrogen) atoms. The number of carbonyl (C=O) groups excluding carboxylic acids is 1. The zero-order chi connectivity index (χ0) is 16.9. The van der Waals surface area contributed by atoms with Crippen LogP contribution in [0.2, 0.25) is 0 Å². The highest BCUT2D eigenvalue weighted by molar-refractivity contribution is 9.10. The van der Waals surface area contributed by atoms with Gasteiger partial charge in [-0.25, -0.2) is 12.8 Å². The van der Waals surface area contributed by atoms with Crippen molar-refractivity contribution in [1.29, 1.82) is 0 Å². The lowest BCUT2D eigenvalue weighted by Gasteiger charge is -2.23. The van der Waals surface area contributed by atoms with Crippen molar-refractivity contribution in [2.24, 2.45) is 0 Å². The molecule has 0 heterocycles. The van der Waals surface area contributed by atoms with Gasteiger partial charge < -0.3 is 15.5 Å². The molecule has 0 saturated heterocycles. The lowest BCUT2D eigenvalue weighted by Crippen LogP contribution is -2.45. The fourth-order valence-electron chi connectivity index (χ4n) is 1.70. The summed E-state index contributed by atoms with van der Waals surface area (Å²) in [7, 11) is -3.36. The number of alkyl halides is 2. The number of halogens is 2. The van der Waals surface area contributed by atoms with Crippen molar-refractivity contribution in [1.82, 2.24) is 5.32 Å². The Bertz CT molecular complexity index is 607. The SMILES string of the molecule is CS(=O)(=O)c1ccc([C@@H](O)[C@@H](CF)NC(=O)C(Br)CO)cc1. The first kappa shape index (κ1) is 19.0. The highest BCUT2D eigenvalue weighted by atomic mass is 79.9. The van der Waals surface area contributed by atoms with E-state index in [1.807, 2.05) is 0 Å². The number of carbonyl (C=O) groups is 1. The first-order chi connectivity index (χ1) is 10.2. The maximum Gasteiger partial charge on any atom is 0.236 e. The zero-order valence-electron chi connectivity index (χ0n) is 11.7. The molecule has 0 saturated carbocycles. The largest absolute Gasteiger partial charge is 0.395 e. The van der Waals surface area contributed by atoms with Crippen LogP contribution in [0.15, 0.2) is 29.2 Å². The van der Waals surface area contributed by atoms with E-state index in [0.717, 1.165) is 6.26 Å². The third-order valence-corrected chi connectivity index (χ3v) is 4.80. The maximum atomic E-state index is 13.0. The predicted molar refractivity (Wildman–Crippen MR) is 82.2 cm³/mol. The Hall–Kier alpha value is -1.03. The van der Waals surface area contributed by atoms with Crippen LogP contribution in [-0.2, 0) is 14.6 Å². The normalized spacial score (nSPS) is 15.9. The molecule has 6 nitrogen and oxygen atoms in total. The third kappa shape index (κ3) is 5.01. The number of aliphatic hydroxyl groups excluding tert-OH is 2.